The number of piperidine rings is 1. The molecule has 2 aliphatic heterocycles. The Kier molecular flexibility index (Phi) is 6.99. The number of aliphatic carboxylic acids is 1. The van der Waals surface area contributed by atoms with Crippen LogP contribution in [0, 0.1) is 0 Å². The lowest BCUT2D eigenvalue weighted by Gasteiger charge is -2.38. The maximum Gasteiger partial charge on any atom is 0.490 e. The highest BCUT2D eigenvalue weighted by Gasteiger charge is 2.43. The molecule has 4 heterocycles. The first-order chi connectivity index (χ1) is 14.3. The van der Waals surface area contributed by atoms with Gasteiger partial charge in [-0.1, -0.05) is 6.07 Å². The van der Waals surface area contributed by atoms with E-state index in [9.17, 15) is 13.2 Å². The number of carboxylic acids is 1. The molecule has 164 valence electrons. The Balaban J connectivity index is 0.000000318. The number of carbonyl (C=O) groups is 1. The summed E-state index contributed by atoms with van der Waals surface area (Å²) in [7, 11) is 0. The zero-order chi connectivity index (χ0) is 21.6. The molecular weight excluding hydrogens is 405 g/mol. The molecule has 1 atom stereocenters. The highest BCUT2D eigenvalue weighted by atomic mass is 19.4. The van der Waals surface area contributed by atoms with Crippen molar-refractivity contribution in [1.29, 1.82) is 0 Å². The van der Waals surface area contributed by atoms with Crippen LogP contribution in [0.5, 0.6) is 5.88 Å². The second kappa shape index (κ2) is 9.48. The largest absolute Gasteiger partial charge is 0.490 e. The van der Waals surface area contributed by atoms with Crippen LogP contribution in [0.2, 0.25) is 0 Å². The lowest BCUT2D eigenvalue weighted by Crippen LogP contribution is -2.44. The number of alkyl halides is 3. The van der Waals surface area contributed by atoms with Crippen LogP contribution in [-0.2, 0) is 16.1 Å². The molecule has 4 rings (SSSR count). The van der Waals surface area contributed by atoms with Crippen LogP contribution >= 0.6 is 0 Å². The molecule has 0 aromatic carbocycles. The zero-order valence-corrected chi connectivity index (χ0v) is 16.2. The molecule has 2 aromatic heterocycles. The molecule has 30 heavy (non-hydrogen) atoms. The minimum Gasteiger partial charge on any atom is -0.475 e. The summed E-state index contributed by atoms with van der Waals surface area (Å²) in [4.78, 5) is 15.6. The van der Waals surface area contributed by atoms with Crippen molar-refractivity contribution < 1.29 is 37.0 Å². The van der Waals surface area contributed by atoms with E-state index in [4.69, 9.17) is 23.8 Å². The van der Waals surface area contributed by atoms with Crippen molar-refractivity contribution in [2.24, 2.45) is 0 Å². The molecule has 1 unspecified atom stereocenters. The first-order valence-electron chi connectivity index (χ1n) is 9.51. The van der Waals surface area contributed by atoms with Crippen LogP contribution < -0.4 is 4.74 Å². The molecule has 0 amide bonds. The van der Waals surface area contributed by atoms with Gasteiger partial charge in [0.2, 0.25) is 5.88 Å². The van der Waals surface area contributed by atoms with Gasteiger partial charge in [0, 0.05) is 43.9 Å². The molecule has 2 aromatic rings. The highest BCUT2D eigenvalue weighted by molar-refractivity contribution is 5.73. The molecule has 7 nitrogen and oxygen atoms in total. The van der Waals surface area contributed by atoms with Gasteiger partial charge in [0.25, 0.3) is 0 Å². The molecule has 2 fully saturated rings. The number of nitrogens with zero attached hydrogens (tertiary/aromatic N) is 2. The number of ether oxygens (including phenoxy) is 2. The fraction of sp³-hybridized carbons (Fsp3) is 0.500. The third-order valence-corrected chi connectivity index (χ3v) is 5.10. The topological polar surface area (TPSA) is 85.0 Å². The van der Waals surface area contributed by atoms with Gasteiger partial charge in [-0.25, -0.2) is 9.78 Å². The predicted octanol–water partition coefficient (Wildman–Crippen LogP) is 3.51. The number of carboxylic acid groups (broad SMARTS) is 1. The normalized spacial score (nSPS) is 21.1. The predicted molar refractivity (Wildman–Crippen MR) is 98.9 cm³/mol. The van der Waals surface area contributed by atoms with Crippen molar-refractivity contribution in [2.75, 3.05) is 19.7 Å². The number of furan rings is 1. The van der Waals surface area contributed by atoms with Gasteiger partial charge >= 0.3 is 12.1 Å². The van der Waals surface area contributed by atoms with Crippen LogP contribution in [0.1, 0.15) is 24.8 Å². The van der Waals surface area contributed by atoms with Crippen LogP contribution in [-0.4, -0.2) is 58.5 Å². The van der Waals surface area contributed by atoms with Crippen molar-refractivity contribution >= 4 is 5.97 Å². The number of hydrogen-bond donors (Lipinski definition) is 1. The summed E-state index contributed by atoms with van der Waals surface area (Å²) in [5.74, 6) is -2.07. The van der Waals surface area contributed by atoms with Gasteiger partial charge in [-0.05, 0) is 25.0 Å². The summed E-state index contributed by atoms with van der Waals surface area (Å²) >= 11 is 0. The number of rotatable bonds is 4. The fourth-order valence-corrected chi connectivity index (χ4v) is 3.57. The second-order valence-electron chi connectivity index (χ2n) is 7.32. The molecule has 0 aliphatic carbocycles. The number of halogens is 3. The maximum absolute atomic E-state index is 10.6. The average Bonchev–Trinajstić information content (AvgIpc) is 3.35. The molecule has 2 saturated heterocycles. The van der Waals surface area contributed by atoms with Gasteiger partial charge < -0.3 is 19.0 Å². The number of likely N-dealkylation sites (tertiary alicyclic amines) is 1. The van der Waals surface area contributed by atoms with Crippen molar-refractivity contribution in [3.63, 3.8) is 0 Å². The van der Waals surface area contributed by atoms with E-state index in [-0.39, 0.29) is 11.7 Å². The van der Waals surface area contributed by atoms with Crippen molar-refractivity contribution in [1.82, 2.24) is 9.88 Å². The summed E-state index contributed by atoms with van der Waals surface area (Å²) < 4.78 is 49.0. The Hall–Kier alpha value is -2.59. The third kappa shape index (κ3) is 6.20. The van der Waals surface area contributed by atoms with Gasteiger partial charge in [-0.15, -0.1) is 0 Å². The average molecular weight is 428 g/mol. The molecule has 0 radical (unpaired) electrons. The zero-order valence-electron chi connectivity index (χ0n) is 16.2. The molecule has 0 bridgehead atoms. The Morgan fingerprint density at radius 2 is 2.03 bits per heavy atom. The first kappa shape index (κ1) is 22.1. The Morgan fingerprint density at radius 1 is 1.30 bits per heavy atom. The standard InChI is InChI=1S/C18H22N2O3.C2HF3O2/c1-2-7-19-17(3-1)23-16-11-18(22-14-16)5-8-20(9-6-18)12-15-4-10-21-13-15;3-2(4,5)1(6)7/h1-4,7,10,13,16H,5-6,8-9,11-12,14H2;(H,6,7). The van der Waals surface area contributed by atoms with Gasteiger partial charge in [0.15, 0.2) is 0 Å². The van der Waals surface area contributed by atoms with Gasteiger partial charge in [0.1, 0.15) is 6.10 Å². The molecule has 10 heteroatoms. The minimum absolute atomic E-state index is 0.00760. The summed E-state index contributed by atoms with van der Waals surface area (Å²) in [6, 6.07) is 7.78. The van der Waals surface area contributed by atoms with Crippen LogP contribution in [0.15, 0.2) is 47.4 Å². The SMILES string of the molecule is O=C(O)C(F)(F)F.c1ccc(OC2COC3(CCN(Cc4ccoc4)CC3)C2)nc1. The summed E-state index contributed by atoms with van der Waals surface area (Å²) in [5.41, 5.74) is 1.23. The first-order valence-corrected chi connectivity index (χ1v) is 9.51. The smallest absolute Gasteiger partial charge is 0.475 e. The van der Waals surface area contributed by atoms with Gasteiger partial charge in [-0.2, -0.15) is 13.2 Å². The number of hydrogen-bond acceptors (Lipinski definition) is 6. The lowest BCUT2D eigenvalue weighted by molar-refractivity contribution is -0.192. The molecule has 0 saturated carbocycles. The number of aromatic nitrogens is 1. The van der Waals surface area contributed by atoms with Crippen molar-refractivity contribution in [3.05, 3.63) is 48.6 Å². The van der Waals surface area contributed by atoms with E-state index in [0.717, 1.165) is 38.9 Å². The van der Waals surface area contributed by atoms with E-state index < -0.39 is 12.1 Å². The van der Waals surface area contributed by atoms with Crippen LogP contribution in [0.3, 0.4) is 0 Å². The summed E-state index contributed by atoms with van der Waals surface area (Å²) in [5, 5.41) is 7.12. The Labute approximate surface area is 171 Å². The highest BCUT2D eigenvalue weighted by Crippen LogP contribution is 2.37. The van der Waals surface area contributed by atoms with Crippen LogP contribution in [0.25, 0.3) is 0 Å². The van der Waals surface area contributed by atoms with E-state index >= 15 is 0 Å². The fourth-order valence-electron chi connectivity index (χ4n) is 3.57. The Morgan fingerprint density at radius 3 is 2.60 bits per heavy atom. The van der Waals surface area contributed by atoms with E-state index in [1.165, 1.54) is 5.56 Å². The maximum atomic E-state index is 10.6. The summed E-state index contributed by atoms with van der Waals surface area (Å²) in [6.07, 6.45) is 3.44. The molecule has 2 aliphatic rings. The van der Waals surface area contributed by atoms with Crippen LogP contribution in [0.4, 0.5) is 13.2 Å². The van der Waals surface area contributed by atoms with E-state index in [1.54, 1.807) is 12.5 Å². The van der Waals surface area contributed by atoms with Crippen molar-refractivity contribution in [2.45, 2.75) is 43.7 Å². The minimum atomic E-state index is -5.08. The molecule has 1 N–H and O–H groups in total. The lowest BCUT2D eigenvalue weighted by atomic mass is 9.88. The van der Waals surface area contributed by atoms with E-state index in [2.05, 4.69) is 9.88 Å². The monoisotopic (exact) mass is 428 g/mol. The van der Waals surface area contributed by atoms with Gasteiger partial charge in [0.05, 0.1) is 24.7 Å². The van der Waals surface area contributed by atoms with Gasteiger partial charge in [-0.3, -0.25) is 4.90 Å². The van der Waals surface area contributed by atoms with E-state index in [1.807, 2.05) is 30.5 Å². The number of pyridine rings is 1. The second-order valence-corrected chi connectivity index (χ2v) is 7.32. The quantitative estimate of drug-likeness (QED) is 0.798. The Bertz CT molecular complexity index is 791. The van der Waals surface area contributed by atoms with E-state index in [0.29, 0.717) is 12.5 Å². The molecular formula is C20H23F3N2O5. The third-order valence-electron chi connectivity index (χ3n) is 5.10. The molecule has 1 spiro atoms. The van der Waals surface area contributed by atoms with Crippen molar-refractivity contribution in [3.8, 4) is 5.88 Å². The summed E-state index contributed by atoms with van der Waals surface area (Å²) in [6.45, 7) is 3.74.